The molecule has 1 saturated heterocycles. The number of carbonyl (C=O) groups is 3. The summed E-state index contributed by atoms with van der Waals surface area (Å²) >= 11 is 0. The third kappa shape index (κ3) is 6.46. The first-order chi connectivity index (χ1) is 15.9. The summed E-state index contributed by atoms with van der Waals surface area (Å²) in [6, 6.07) is 8.86. The van der Waals surface area contributed by atoms with E-state index in [1.54, 1.807) is 50.8 Å². The predicted octanol–water partition coefficient (Wildman–Crippen LogP) is 4.26. The van der Waals surface area contributed by atoms with E-state index in [4.69, 9.17) is 10.5 Å². The van der Waals surface area contributed by atoms with E-state index >= 15 is 0 Å². The van der Waals surface area contributed by atoms with Crippen LogP contribution in [-0.4, -0.2) is 39.9 Å². The van der Waals surface area contributed by atoms with Crippen molar-refractivity contribution in [2.24, 2.45) is 5.92 Å². The van der Waals surface area contributed by atoms with Crippen LogP contribution in [0.3, 0.4) is 0 Å². The summed E-state index contributed by atoms with van der Waals surface area (Å²) in [5, 5.41) is 5.22. The number of carbonyl (C=O) groups excluding carboxylic acids is 3. The number of aryl methyl sites for hydroxylation is 1. The lowest BCUT2D eigenvalue weighted by Crippen LogP contribution is -2.46. The molecule has 1 aromatic carbocycles. The van der Waals surface area contributed by atoms with Crippen molar-refractivity contribution in [1.29, 1.82) is 0 Å². The van der Waals surface area contributed by atoms with Crippen LogP contribution in [0.1, 0.15) is 57.7 Å². The van der Waals surface area contributed by atoms with Gasteiger partial charge in [0.05, 0.1) is 17.9 Å². The number of benzene rings is 1. The molecule has 2 aromatic rings. The Hall–Kier alpha value is -3.62. The molecule has 0 saturated carbocycles. The highest BCUT2D eigenvalue weighted by molar-refractivity contribution is 6.39. The first-order valence-electron chi connectivity index (χ1n) is 11.4. The Labute approximate surface area is 200 Å². The minimum absolute atomic E-state index is 0.185. The van der Waals surface area contributed by atoms with E-state index in [9.17, 15) is 14.4 Å². The minimum atomic E-state index is -0.733. The lowest BCUT2D eigenvalue weighted by Gasteiger charge is -2.38. The van der Waals surface area contributed by atoms with Crippen molar-refractivity contribution < 1.29 is 19.1 Å². The highest BCUT2D eigenvalue weighted by atomic mass is 16.6. The van der Waals surface area contributed by atoms with Gasteiger partial charge in [0.25, 0.3) is 0 Å². The molecule has 1 fully saturated rings. The number of rotatable bonds is 3. The third-order valence-corrected chi connectivity index (χ3v) is 5.55. The summed E-state index contributed by atoms with van der Waals surface area (Å²) in [6.45, 7) is 9.61. The first kappa shape index (κ1) is 25.0. The third-order valence-electron chi connectivity index (χ3n) is 5.55. The quantitative estimate of drug-likeness (QED) is 0.457. The number of amides is 3. The van der Waals surface area contributed by atoms with Gasteiger partial charge in [0.1, 0.15) is 11.4 Å². The summed E-state index contributed by atoms with van der Waals surface area (Å²) in [7, 11) is 0. The molecule has 1 aliphatic rings. The number of nitrogens with one attached hydrogen (secondary N) is 2. The molecule has 3 amide bonds. The van der Waals surface area contributed by atoms with Crippen LogP contribution in [0.2, 0.25) is 0 Å². The molecule has 4 N–H and O–H groups in total. The smallest absolute Gasteiger partial charge is 0.413 e. The second kappa shape index (κ2) is 10.1. The van der Waals surface area contributed by atoms with E-state index in [1.807, 2.05) is 12.1 Å². The van der Waals surface area contributed by atoms with Gasteiger partial charge in [-0.05, 0) is 75.8 Å². The van der Waals surface area contributed by atoms with Gasteiger partial charge >= 0.3 is 17.9 Å². The normalized spacial score (nSPS) is 18.2. The molecule has 2 heterocycles. The van der Waals surface area contributed by atoms with Gasteiger partial charge in [-0.15, -0.1) is 0 Å². The first-order valence-corrected chi connectivity index (χ1v) is 11.4. The maximum absolute atomic E-state index is 13.1. The summed E-state index contributed by atoms with van der Waals surface area (Å²) in [6.07, 6.45) is 2.51. The molecule has 1 aromatic heterocycles. The van der Waals surface area contributed by atoms with Gasteiger partial charge in [-0.25, -0.2) is 9.78 Å². The summed E-state index contributed by atoms with van der Waals surface area (Å²) in [4.78, 5) is 43.8. The fourth-order valence-electron chi connectivity index (χ4n) is 3.93. The zero-order valence-electron chi connectivity index (χ0n) is 20.3. The summed E-state index contributed by atoms with van der Waals surface area (Å²) in [5.41, 5.74) is 7.75. The van der Waals surface area contributed by atoms with E-state index < -0.39 is 23.5 Å². The molecule has 3 rings (SSSR count). The average molecular weight is 468 g/mol. The molecular formula is C25H33N5O4. The zero-order valence-corrected chi connectivity index (χ0v) is 20.3. The van der Waals surface area contributed by atoms with Gasteiger partial charge in [0.15, 0.2) is 0 Å². The number of nitrogens with two attached hydrogens (primary N) is 1. The van der Waals surface area contributed by atoms with E-state index in [-0.39, 0.29) is 6.04 Å². The lowest BCUT2D eigenvalue weighted by atomic mass is 9.89. The van der Waals surface area contributed by atoms with E-state index in [2.05, 4.69) is 22.5 Å². The van der Waals surface area contributed by atoms with E-state index in [1.165, 1.54) is 6.20 Å². The van der Waals surface area contributed by atoms with Crippen LogP contribution < -0.4 is 16.4 Å². The Morgan fingerprint density at radius 2 is 1.79 bits per heavy atom. The number of nitrogens with zero attached hydrogens (tertiary/aromatic N) is 2. The summed E-state index contributed by atoms with van der Waals surface area (Å²) in [5.74, 6) is -0.721. The molecule has 182 valence electrons. The highest BCUT2D eigenvalue weighted by Gasteiger charge is 2.34. The number of pyridine rings is 1. The number of piperidine rings is 1. The maximum atomic E-state index is 13.1. The van der Waals surface area contributed by atoms with Crippen molar-refractivity contribution in [2.45, 2.75) is 59.1 Å². The number of aromatic nitrogens is 1. The molecule has 9 heteroatoms. The number of hydrogen-bond acceptors (Lipinski definition) is 6. The van der Waals surface area contributed by atoms with Crippen LogP contribution in [0.25, 0.3) is 0 Å². The van der Waals surface area contributed by atoms with Crippen LogP contribution in [-0.2, 0) is 14.3 Å². The Morgan fingerprint density at radius 3 is 2.41 bits per heavy atom. The maximum Gasteiger partial charge on any atom is 0.413 e. The Morgan fingerprint density at radius 1 is 1.12 bits per heavy atom. The zero-order chi connectivity index (χ0) is 25.0. The molecule has 0 radical (unpaired) electrons. The summed E-state index contributed by atoms with van der Waals surface area (Å²) < 4.78 is 5.23. The fourth-order valence-corrected chi connectivity index (χ4v) is 3.93. The van der Waals surface area contributed by atoms with Gasteiger partial charge in [0.2, 0.25) is 0 Å². The van der Waals surface area contributed by atoms with Gasteiger partial charge in [-0.1, -0.05) is 19.1 Å². The minimum Gasteiger partial charge on any atom is -0.444 e. The van der Waals surface area contributed by atoms with Gasteiger partial charge in [0, 0.05) is 12.2 Å². The molecule has 0 unspecified atom stereocenters. The van der Waals surface area contributed by atoms with Crippen LogP contribution in [0.15, 0.2) is 36.5 Å². The van der Waals surface area contributed by atoms with Crippen LogP contribution >= 0.6 is 0 Å². The standard InChI is InChI=1S/C25H33N5O4/c1-15-6-11-20(17-7-9-18(26)10-8-17)30(14-15)23(32)22(31)28-19-12-16(2)21(27-13-19)29-24(33)34-25(3,4)5/h7-10,12-13,15,20H,6,11,14,26H2,1-5H3,(H,28,31)(H,27,29,33)/t15-,20+/m1/s1. The van der Waals surface area contributed by atoms with Crippen molar-refractivity contribution in [3.05, 3.63) is 47.7 Å². The molecule has 0 aliphatic carbocycles. The van der Waals surface area contributed by atoms with Crippen LogP contribution in [0.4, 0.5) is 22.0 Å². The lowest BCUT2D eigenvalue weighted by molar-refractivity contribution is -0.146. The highest BCUT2D eigenvalue weighted by Crippen LogP contribution is 2.34. The van der Waals surface area contributed by atoms with E-state index in [0.717, 1.165) is 18.4 Å². The SMILES string of the molecule is Cc1cc(NC(=O)C(=O)N2C[C@H](C)CC[C@H]2c2ccc(N)cc2)cnc1NC(=O)OC(C)(C)C. The van der Waals surface area contributed by atoms with Crippen molar-refractivity contribution in [3.8, 4) is 0 Å². The number of nitrogen functional groups attached to an aromatic ring is 1. The number of ether oxygens (including phenoxy) is 1. The van der Waals surface area contributed by atoms with Gasteiger partial charge in [-0.3, -0.25) is 14.9 Å². The Bertz CT molecular complexity index is 1060. The van der Waals surface area contributed by atoms with E-state index in [0.29, 0.717) is 35.2 Å². The molecule has 1 aliphatic heterocycles. The average Bonchev–Trinajstić information content (AvgIpc) is 2.74. The molecule has 0 spiro atoms. The van der Waals surface area contributed by atoms with Crippen molar-refractivity contribution in [1.82, 2.24) is 9.88 Å². The topological polar surface area (TPSA) is 127 Å². The Balaban J connectivity index is 1.70. The van der Waals surface area contributed by atoms with Crippen LogP contribution in [0, 0.1) is 12.8 Å². The van der Waals surface area contributed by atoms with Crippen molar-refractivity contribution in [2.75, 3.05) is 22.9 Å². The fraction of sp³-hybridized carbons (Fsp3) is 0.440. The number of anilines is 3. The molecule has 0 bridgehead atoms. The molecule has 34 heavy (non-hydrogen) atoms. The van der Waals surface area contributed by atoms with Gasteiger partial charge in [-0.2, -0.15) is 0 Å². The molecule has 9 nitrogen and oxygen atoms in total. The van der Waals surface area contributed by atoms with Crippen LogP contribution in [0.5, 0.6) is 0 Å². The van der Waals surface area contributed by atoms with Crippen molar-refractivity contribution >= 4 is 35.1 Å². The molecule has 2 atom stereocenters. The second-order valence-electron chi connectivity index (χ2n) is 9.79. The number of likely N-dealkylation sites (tertiary alicyclic amines) is 1. The second-order valence-corrected chi connectivity index (χ2v) is 9.79. The largest absolute Gasteiger partial charge is 0.444 e. The van der Waals surface area contributed by atoms with Gasteiger partial charge < -0.3 is 20.7 Å². The molecular weight excluding hydrogens is 434 g/mol. The predicted molar refractivity (Wildman–Crippen MR) is 131 cm³/mol. The Kier molecular flexibility index (Phi) is 7.44. The van der Waals surface area contributed by atoms with Crippen molar-refractivity contribution in [3.63, 3.8) is 0 Å². The number of hydrogen-bond donors (Lipinski definition) is 3. The monoisotopic (exact) mass is 467 g/mol.